The summed E-state index contributed by atoms with van der Waals surface area (Å²) < 4.78 is 5.04. The number of ether oxygens (including phenoxy) is 1. The monoisotopic (exact) mass is 382 g/mol. The Morgan fingerprint density at radius 1 is 1.15 bits per heavy atom. The molecule has 1 N–H and O–H groups in total. The summed E-state index contributed by atoms with van der Waals surface area (Å²) in [4.78, 5) is 17.6. The van der Waals surface area contributed by atoms with Crippen LogP contribution in [0.3, 0.4) is 0 Å². The Balaban J connectivity index is 2.03. The van der Waals surface area contributed by atoms with E-state index in [1.807, 2.05) is 36.4 Å². The van der Waals surface area contributed by atoms with Gasteiger partial charge in [-0.1, -0.05) is 36.7 Å². The Kier molecular flexibility index (Phi) is 6.43. The standard InChI is InChI=1S/C22H23ClN2O2/c1-3-15-5-10-20-18(13-15)19(22(26)24-11-4-12-27-2)14-21(25-20)16-6-8-17(23)9-7-16/h5-10,13-14H,3-4,11-12H2,1-2H3,(H,24,26). The number of pyridine rings is 1. The van der Waals surface area contributed by atoms with Gasteiger partial charge in [0.05, 0.1) is 16.8 Å². The summed E-state index contributed by atoms with van der Waals surface area (Å²) in [5, 5.41) is 4.52. The second kappa shape index (κ2) is 8.98. The summed E-state index contributed by atoms with van der Waals surface area (Å²) in [7, 11) is 1.66. The van der Waals surface area contributed by atoms with Crippen LogP contribution in [-0.2, 0) is 11.2 Å². The fourth-order valence-electron chi connectivity index (χ4n) is 2.96. The molecular formula is C22H23ClN2O2. The molecule has 0 fully saturated rings. The highest BCUT2D eigenvalue weighted by atomic mass is 35.5. The van der Waals surface area contributed by atoms with Gasteiger partial charge >= 0.3 is 0 Å². The molecule has 5 heteroatoms. The van der Waals surface area contributed by atoms with Crippen molar-refractivity contribution in [2.45, 2.75) is 19.8 Å². The second-order valence-corrected chi connectivity index (χ2v) is 6.81. The number of carbonyl (C=O) groups excluding carboxylic acids is 1. The van der Waals surface area contributed by atoms with Crippen molar-refractivity contribution in [1.29, 1.82) is 0 Å². The highest BCUT2D eigenvalue weighted by molar-refractivity contribution is 6.30. The molecule has 1 amide bonds. The third-order valence-electron chi connectivity index (χ3n) is 4.48. The van der Waals surface area contributed by atoms with Crippen LogP contribution in [0.1, 0.15) is 29.3 Å². The van der Waals surface area contributed by atoms with E-state index in [0.717, 1.165) is 35.0 Å². The number of nitrogens with zero attached hydrogens (tertiary/aromatic N) is 1. The number of nitrogens with one attached hydrogen (secondary N) is 1. The molecule has 27 heavy (non-hydrogen) atoms. The topological polar surface area (TPSA) is 51.2 Å². The van der Waals surface area contributed by atoms with Gasteiger partial charge in [-0.2, -0.15) is 0 Å². The number of amides is 1. The molecule has 0 saturated carbocycles. The lowest BCUT2D eigenvalue weighted by molar-refractivity contribution is 0.0950. The van der Waals surface area contributed by atoms with Crippen LogP contribution < -0.4 is 5.32 Å². The van der Waals surface area contributed by atoms with Crippen LogP contribution in [0, 0.1) is 0 Å². The molecule has 0 spiro atoms. The Morgan fingerprint density at radius 3 is 2.63 bits per heavy atom. The maximum atomic E-state index is 12.9. The van der Waals surface area contributed by atoms with Crippen molar-refractivity contribution in [3.63, 3.8) is 0 Å². The Morgan fingerprint density at radius 2 is 1.93 bits per heavy atom. The number of carbonyl (C=O) groups is 1. The van der Waals surface area contributed by atoms with Crippen LogP contribution in [0.5, 0.6) is 0 Å². The Bertz CT molecular complexity index is 939. The molecule has 1 aromatic heterocycles. The number of halogens is 1. The average molecular weight is 383 g/mol. The number of rotatable bonds is 7. The van der Waals surface area contributed by atoms with Gasteiger partial charge in [-0.15, -0.1) is 0 Å². The molecule has 0 radical (unpaired) electrons. The van der Waals surface area contributed by atoms with E-state index in [1.54, 1.807) is 7.11 Å². The van der Waals surface area contributed by atoms with Gasteiger partial charge in [-0.3, -0.25) is 4.79 Å². The second-order valence-electron chi connectivity index (χ2n) is 6.37. The maximum Gasteiger partial charge on any atom is 0.252 e. The van der Waals surface area contributed by atoms with E-state index in [2.05, 4.69) is 24.4 Å². The van der Waals surface area contributed by atoms with Crippen LogP contribution in [0.2, 0.25) is 5.02 Å². The normalized spacial score (nSPS) is 10.9. The molecule has 0 saturated heterocycles. The quantitative estimate of drug-likeness (QED) is 0.592. The molecule has 1 heterocycles. The molecule has 3 rings (SSSR count). The first-order valence-corrected chi connectivity index (χ1v) is 9.47. The lowest BCUT2D eigenvalue weighted by Gasteiger charge is -2.12. The van der Waals surface area contributed by atoms with Gasteiger partial charge in [0.25, 0.3) is 5.91 Å². The van der Waals surface area contributed by atoms with Gasteiger partial charge in [0.2, 0.25) is 0 Å². The first-order valence-electron chi connectivity index (χ1n) is 9.09. The van der Waals surface area contributed by atoms with Gasteiger partial charge in [0, 0.05) is 36.2 Å². The van der Waals surface area contributed by atoms with E-state index in [0.29, 0.717) is 23.7 Å². The van der Waals surface area contributed by atoms with Crippen LogP contribution in [0.25, 0.3) is 22.2 Å². The molecule has 0 aliphatic heterocycles. The third-order valence-corrected chi connectivity index (χ3v) is 4.73. The average Bonchev–Trinajstić information content (AvgIpc) is 2.70. The molecular weight excluding hydrogens is 360 g/mol. The van der Waals surface area contributed by atoms with Crippen molar-refractivity contribution >= 4 is 28.4 Å². The first-order chi connectivity index (χ1) is 13.1. The minimum atomic E-state index is -0.0954. The lowest BCUT2D eigenvalue weighted by Crippen LogP contribution is -2.25. The summed E-state index contributed by atoms with van der Waals surface area (Å²) >= 11 is 6.00. The molecule has 0 aliphatic carbocycles. The van der Waals surface area contributed by atoms with Crippen LogP contribution in [0.15, 0.2) is 48.5 Å². The number of fused-ring (bicyclic) bond motifs is 1. The number of methoxy groups -OCH3 is 1. The molecule has 0 aliphatic rings. The highest BCUT2D eigenvalue weighted by Crippen LogP contribution is 2.27. The van der Waals surface area contributed by atoms with E-state index >= 15 is 0 Å². The third kappa shape index (κ3) is 4.65. The van der Waals surface area contributed by atoms with Crippen LogP contribution in [0.4, 0.5) is 0 Å². The first kappa shape index (κ1) is 19.3. The van der Waals surface area contributed by atoms with E-state index in [9.17, 15) is 4.79 Å². The largest absolute Gasteiger partial charge is 0.385 e. The van der Waals surface area contributed by atoms with E-state index in [-0.39, 0.29) is 5.91 Å². The fourth-order valence-corrected chi connectivity index (χ4v) is 3.09. The highest BCUT2D eigenvalue weighted by Gasteiger charge is 2.14. The lowest BCUT2D eigenvalue weighted by atomic mass is 10.0. The van der Waals surface area contributed by atoms with Crippen molar-refractivity contribution in [3.05, 3.63) is 64.7 Å². The smallest absolute Gasteiger partial charge is 0.252 e. The summed E-state index contributed by atoms with van der Waals surface area (Å²) in [6.45, 7) is 3.29. The molecule has 140 valence electrons. The Labute approximate surface area is 164 Å². The van der Waals surface area contributed by atoms with Gasteiger partial charge < -0.3 is 10.1 Å². The molecule has 0 unspecified atom stereocenters. The number of benzene rings is 2. The van der Waals surface area contributed by atoms with Gasteiger partial charge in [-0.25, -0.2) is 4.98 Å². The van der Waals surface area contributed by atoms with Gasteiger partial charge in [-0.05, 0) is 48.7 Å². The van der Waals surface area contributed by atoms with Gasteiger partial charge in [0.15, 0.2) is 0 Å². The zero-order chi connectivity index (χ0) is 19.2. The zero-order valence-electron chi connectivity index (χ0n) is 15.6. The summed E-state index contributed by atoms with van der Waals surface area (Å²) in [6.07, 6.45) is 1.68. The predicted molar refractivity (Wildman–Crippen MR) is 110 cm³/mol. The van der Waals surface area contributed by atoms with Crippen LogP contribution in [-0.4, -0.2) is 31.2 Å². The van der Waals surface area contributed by atoms with Crippen molar-refractivity contribution in [1.82, 2.24) is 10.3 Å². The van der Waals surface area contributed by atoms with Crippen molar-refractivity contribution in [2.24, 2.45) is 0 Å². The summed E-state index contributed by atoms with van der Waals surface area (Å²) in [5.41, 5.74) is 4.30. The molecule has 4 nitrogen and oxygen atoms in total. The maximum absolute atomic E-state index is 12.9. The minimum Gasteiger partial charge on any atom is -0.385 e. The number of hydrogen-bond donors (Lipinski definition) is 1. The zero-order valence-corrected chi connectivity index (χ0v) is 16.3. The fraction of sp³-hybridized carbons (Fsp3) is 0.273. The SMILES string of the molecule is CCc1ccc2nc(-c3ccc(Cl)cc3)cc(C(=O)NCCCOC)c2c1. The van der Waals surface area contributed by atoms with E-state index in [1.165, 1.54) is 5.56 Å². The summed E-state index contributed by atoms with van der Waals surface area (Å²) in [5.74, 6) is -0.0954. The predicted octanol–water partition coefficient (Wildman–Crippen LogP) is 4.88. The number of hydrogen-bond acceptors (Lipinski definition) is 3. The van der Waals surface area contributed by atoms with Crippen molar-refractivity contribution < 1.29 is 9.53 Å². The molecule has 3 aromatic rings. The van der Waals surface area contributed by atoms with E-state index in [4.69, 9.17) is 21.3 Å². The molecule has 0 bridgehead atoms. The minimum absolute atomic E-state index is 0.0954. The summed E-state index contributed by atoms with van der Waals surface area (Å²) in [6, 6.07) is 15.4. The van der Waals surface area contributed by atoms with Crippen molar-refractivity contribution in [2.75, 3.05) is 20.3 Å². The molecule has 2 aromatic carbocycles. The van der Waals surface area contributed by atoms with E-state index < -0.39 is 0 Å². The van der Waals surface area contributed by atoms with Crippen molar-refractivity contribution in [3.8, 4) is 11.3 Å². The number of aromatic nitrogens is 1. The van der Waals surface area contributed by atoms with Gasteiger partial charge in [0.1, 0.15) is 0 Å². The molecule has 0 atom stereocenters. The Hall–Kier alpha value is -2.43. The number of aryl methyl sites for hydroxylation is 1. The van der Waals surface area contributed by atoms with Crippen LogP contribution >= 0.6 is 11.6 Å².